The van der Waals surface area contributed by atoms with Crippen LogP contribution in [0.1, 0.15) is 13.8 Å². The molecule has 0 unspecified atom stereocenters. The minimum atomic E-state index is 0.746. The Hall–Kier alpha value is -3.26. The summed E-state index contributed by atoms with van der Waals surface area (Å²) in [6.45, 7) is 4.00. The van der Waals surface area contributed by atoms with E-state index in [9.17, 15) is 0 Å². The summed E-state index contributed by atoms with van der Waals surface area (Å²) in [5.41, 5.74) is 5.07. The summed E-state index contributed by atoms with van der Waals surface area (Å²) >= 11 is 0. The van der Waals surface area contributed by atoms with Crippen LogP contribution in [0.3, 0.4) is 0 Å². The fourth-order valence-electron chi connectivity index (χ4n) is 2.68. The summed E-state index contributed by atoms with van der Waals surface area (Å²) in [6.07, 6.45) is 0. The van der Waals surface area contributed by atoms with Gasteiger partial charge in [-0.3, -0.25) is 0 Å². The van der Waals surface area contributed by atoms with E-state index >= 15 is 0 Å². The normalized spacial score (nSPS) is 9.92. The molecular formula is C24H22N2. The zero-order chi connectivity index (χ0) is 18.2. The van der Waals surface area contributed by atoms with Crippen molar-refractivity contribution in [3.05, 3.63) is 97.1 Å². The molecule has 2 nitrogen and oxygen atoms in total. The topological polar surface area (TPSA) is 25.8 Å². The Morgan fingerprint density at radius 1 is 0.462 bits per heavy atom. The van der Waals surface area contributed by atoms with E-state index in [4.69, 9.17) is 9.97 Å². The van der Waals surface area contributed by atoms with Crippen LogP contribution >= 0.6 is 0 Å². The van der Waals surface area contributed by atoms with E-state index in [-0.39, 0.29) is 0 Å². The van der Waals surface area contributed by atoms with Crippen molar-refractivity contribution in [2.24, 2.45) is 0 Å². The number of hydrogen-bond acceptors (Lipinski definition) is 2. The first-order valence-corrected chi connectivity index (χ1v) is 8.95. The van der Waals surface area contributed by atoms with Crippen LogP contribution in [0, 0.1) is 0 Å². The van der Waals surface area contributed by atoms with Crippen molar-refractivity contribution in [3.8, 4) is 33.9 Å². The molecule has 0 amide bonds. The number of hydrogen-bond donors (Lipinski definition) is 0. The average Bonchev–Trinajstić information content (AvgIpc) is 2.77. The van der Waals surface area contributed by atoms with Gasteiger partial charge in [-0.1, -0.05) is 105 Å². The zero-order valence-electron chi connectivity index (χ0n) is 15.1. The van der Waals surface area contributed by atoms with Crippen molar-refractivity contribution in [1.29, 1.82) is 0 Å². The molecule has 0 radical (unpaired) electrons. The summed E-state index contributed by atoms with van der Waals surface area (Å²) in [5.74, 6) is 0.746. The van der Waals surface area contributed by atoms with Gasteiger partial charge in [-0.05, 0) is 6.07 Å². The fourth-order valence-corrected chi connectivity index (χ4v) is 2.68. The van der Waals surface area contributed by atoms with Gasteiger partial charge < -0.3 is 0 Å². The van der Waals surface area contributed by atoms with Gasteiger partial charge in [0.1, 0.15) is 0 Å². The smallest absolute Gasteiger partial charge is 0.160 e. The summed E-state index contributed by atoms with van der Waals surface area (Å²) in [4.78, 5) is 9.58. The molecule has 0 atom stereocenters. The van der Waals surface area contributed by atoms with Gasteiger partial charge in [-0.2, -0.15) is 0 Å². The Labute approximate surface area is 155 Å². The van der Waals surface area contributed by atoms with Crippen LogP contribution in [-0.2, 0) is 0 Å². The number of aromatic nitrogens is 2. The lowest BCUT2D eigenvalue weighted by Crippen LogP contribution is -1.95. The van der Waals surface area contributed by atoms with Gasteiger partial charge in [0.25, 0.3) is 0 Å². The summed E-state index contributed by atoms with van der Waals surface area (Å²) in [5, 5.41) is 0. The molecule has 0 aliphatic heterocycles. The van der Waals surface area contributed by atoms with Crippen molar-refractivity contribution in [3.63, 3.8) is 0 Å². The summed E-state index contributed by atoms with van der Waals surface area (Å²) < 4.78 is 0. The van der Waals surface area contributed by atoms with Crippen LogP contribution in [0.5, 0.6) is 0 Å². The standard InChI is InChI=1S/C22H16N2.C2H6/c1-4-10-17(11-5-1)20-16-21(18-12-6-2-7-13-18)24-22(23-20)19-14-8-3-9-15-19;1-2/h1-16H;1-2H3. The van der Waals surface area contributed by atoms with E-state index < -0.39 is 0 Å². The minimum Gasteiger partial charge on any atom is -0.228 e. The molecule has 4 rings (SSSR count). The van der Waals surface area contributed by atoms with Gasteiger partial charge in [-0.15, -0.1) is 0 Å². The Balaban J connectivity index is 0.000000948. The Morgan fingerprint density at radius 3 is 1.19 bits per heavy atom. The van der Waals surface area contributed by atoms with Crippen LogP contribution in [0.4, 0.5) is 0 Å². The van der Waals surface area contributed by atoms with E-state index in [1.807, 2.05) is 80.6 Å². The summed E-state index contributed by atoms with van der Waals surface area (Å²) in [7, 11) is 0. The molecular weight excluding hydrogens is 316 g/mol. The molecule has 2 heteroatoms. The molecule has 0 saturated carbocycles. The van der Waals surface area contributed by atoms with Crippen molar-refractivity contribution >= 4 is 0 Å². The van der Waals surface area contributed by atoms with Crippen LogP contribution in [-0.4, -0.2) is 9.97 Å². The maximum atomic E-state index is 4.79. The molecule has 0 fully saturated rings. The second-order valence-corrected chi connectivity index (χ2v) is 5.56. The fraction of sp³-hybridized carbons (Fsp3) is 0.0833. The van der Waals surface area contributed by atoms with Gasteiger partial charge in [-0.25, -0.2) is 9.97 Å². The predicted molar refractivity (Wildman–Crippen MR) is 110 cm³/mol. The van der Waals surface area contributed by atoms with Crippen LogP contribution in [0.2, 0.25) is 0 Å². The first-order chi connectivity index (χ1) is 12.9. The van der Waals surface area contributed by atoms with Crippen molar-refractivity contribution in [1.82, 2.24) is 9.97 Å². The molecule has 0 aliphatic carbocycles. The Bertz CT molecular complexity index is 794. The summed E-state index contributed by atoms with van der Waals surface area (Å²) in [6, 6.07) is 32.6. The third-order valence-electron chi connectivity index (χ3n) is 3.90. The predicted octanol–water partition coefficient (Wildman–Crippen LogP) is 6.50. The largest absolute Gasteiger partial charge is 0.228 e. The Morgan fingerprint density at radius 2 is 0.808 bits per heavy atom. The maximum Gasteiger partial charge on any atom is 0.160 e. The molecule has 0 bridgehead atoms. The van der Waals surface area contributed by atoms with E-state index in [2.05, 4.69) is 30.3 Å². The molecule has 1 heterocycles. The maximum absolute atomic E-state index is 4.79. The van der Waals surface area contributed by atoms with Gasteiger partial charge >= 0.3 is 0 Å². The van der Waals surface area contributed by atoms with Crippen LogP contribution < -0.4 is 0 Å². The van der Waals surface area contributed by atoms with Gasteiger partial charge in [0.05, 0.1) is 11.4 Å². The quantitative estimate of drug-likeness (QED) is 0.426. The second-order valence-electron chi connectivity index (χ2n) is 5.56. The SMILES string of the molecule is CC.c1ccc(-c2cc(-c3ccccc3)nc(-c3ccccc3)n2)cc1. The molecule has 1 aromatic heterocycles. The van der Waals surface area contributed by atoms with Gasteiger partial charge in [0.15, 0.2) is 5.82 Å². The molecule has 0 N–H and O–H groups in total. The van der Waals surface area contributed by atoms with Crippen molar-refractivity contribution in [2.75, 3.05) is 0 Å². The molecule has 128 valence electrons. The highest BCUT2D eigenvalue weighted by Gasteiger charge is 2.09. The molecule has 26 heavy (non-hydrogen) atoms. The molecule has 4 aromatic rings. The van der Waals surface area contributed by atoms with Gasteiger partial charge in [0, 0.05) is 16.7 Å². The second kappa shape index (κ2) is 8.72. The van der Waals surface area contributed by atoms with Crippen molar-refractivity contribution in [2.45, 2.75) is 13.8 Å². The molecule has 0 aliphatic rings. The highest BCUT2D eigenvalue weighted by molar-refractivity contribution is 5.71. The lowest BCUT2D eigenvalue weighted by atomic mass is 10.1. The van der Waals surface area contributed by atoms with Crippen molar-refractivity contribution < 1.29 is 0 Å². The number of rotatable bonds is 3. The Kier molecular flexibility index (Phi) is 5.89. The monoisotopic (exact) mass is 338 g/mol. The lowest BCUT2D eigenvalue weighted by molar-refractivity contribution is 1.18. The third kappa shape index (κ3) is 4.04. The minimum absolute atomic E-state index is 0.746. The number of nitrogens with zero attached hydrogens (tertiary/aromatic N) is 2. The van der Waals surface area contributed by atoms with E-state index in [1.165, 1.54) is 0 Å². The first kappa shape index (κ1) is 17.6. The van der Waals surface area contributed by atoms with E-state index in [1.54, 1.807) is 0 Å². The molecule has 0 saturated heterocycles. The van der Waals surface area contributed by atoms with Crippen LogP contribution in [0.15, 0.2) is 97.1 Å². The average molecular weight is 338 g/mol. The lowest BCUT2D eigenvalue weighted by Gasteiger charge is -2.09. The number of benzene rings is 3. The molecule has 3 aromatic carbocycles. The highest BCUT2D eigenvalue weighted by atomic mass is 14.9. The first-order valence-electron chi connectivity index (χ1n) is 8.95. The van der Waals surface area contributed by atoms with Gasteiger partial charge in [0.2, 0.25) is 0 Å². The third-order valence-corrected chi connectivity index (χ3v) is 3.90. The molecule has 0 spiro atoms. The van der Waals surface area contributed by atoms with E-state index in [0.29, 0.717) is 0 Å². The van der Waals surface area contributed by atoms with E-state index in [0.717, 1.165) is 33.9 Å². The van der Waals surface area contributed by atoms with Crippen LogP contribution in [0.25, 0.3) is 33.9 Å². The zero-order valence-corrected chi connectivity index (χ0v) is 15.1. The highest BCUT2D eigenvalue weighted by Crippen LogP contribution is 2.27.